The molecule has 4 nitrogen and oxygen atoms in total. The monoisotopic (exact) mass is 295 g/mol. The average Bonchev–Trinajstić information content (AvgIpc) is 2.74. The lowest BCUT2D eigenvalue weighted by Crippen LogP contribution is -2.04. The molecule has 0 radical (unpaired) electrons. The summed E-state index contributed by atoms with van der Waals surface area (Å²) in [7, 11) is 1.65. The third kappa shape index (κ3) is 2.87. The number of benzene rings is 1. The maximum absolute atomic E-state index is 5.68. The standard InChI is InChI=1S/C12H14BrN3O/c1-17-12-3-2-9(4-10(12)5-14)7-16-8-11(13)6-15-16/h2-4,6,8H,5,7,14H2,1H3. The first kappa shape index (κ1) is 12.1. The summed E-state index contributed by atoms with van der Waals surface area (Å²) in [5.74, 6) is 0.831. The van der Waals surface area contributed by atoms with E-state index in [4.69, 9.17) is 10.5 Å². The summed E-state index contributed by atoms with van der Waals surface area (Å²) < 4.78 is 8.08. The molecule has 0 fully saturated rings. The Labute approximate surface area is 109 Å². The molecule has 0 saturated carbocycles. The number of nitrogens with zero attached hydrogens (tertiary/aromatic N) is 2. The molecule has 1 heterocycles. The third-order valence-electron chi connectivity index (χ3n) is 2.51. The van der Waals surface area contributed by atoms with Gasteiger partial charge in [0.2, 0.25) is 0 Å². The lowest BCUT2D eigenvalue weighted by molar-refractivity contribution is 0.409. The fraction of sp³-hybridized carbons (Fsp3) is 0.250. The van der Waals surface area contributed by atoms with Crippen LogP contribution in [0.15, 0.2) is 35.1 Å². The quantitative estimate of drug-likeness (QED) is 0.940. The van der Waals surface area contributed by atoms with Gasteiger partial charge in [0, 0.05) is 18.3 Å². The number of methoxy groups -OCH3 is 1. The smallest absolute Gasteiger partial charge is 0.123 e. The van der Waals surface area contributed by atoms with Gasteiger partial charge in [-0.15, -0.1) is 0 Å². The van der Waals surface area contributed by atoms with Crippen LogP contribution >= 0.6 is 15.9 Å². The maximum Gasteiger partial charge on any atom is 0.123 e. The molecule has 0 atom stereocenters. The summed E-state index contributed by atoms with van der Waals surface area (Å²) in [5.41, 5.74) is 7.85. The van der Waals surface area contributed by atoms with Crippen molar-refractivity contribution in [3.63, 3.8) is 0 Å². The number of aromatic nitrogens is 2. The van der Waals surface area contributed by atoms with Crippen LogP contribution < -0.4 is 10.5 Å². The van der Waals surface area contributed by atoms with E-state index in [1.165, 1.54) is 0 Å². The van der Waals surface area contributed by atoms with Crippen molar-refractivity contribution in [1.82, 2.24) is 9.78 Å². The highest BCUT2D eigenvalue weighted by atomic mass is 79.9. The minimum Gasteiger partial charge on any atom is -0.496 e. The zero-order valence-corrected chi connectivity index (χ0v) is 11.1. The van der Waals surface area contributed by atoms with Crippen molar-refractivity contribution in [2.45, 2.75) is 13.1 Å². The maximum atomic E-state index is 5.68. The Bertz CT molecular complexity index is 510. The number of halogens is 1. The van der Waals surface area contributed by atoms with Gasteiger partial charge in [-0.2, -0.15) is 5.10 Å². The first-order chi connectivity index (χ1) is 8.22. The predicted molar refractivity (Wildman–Crippen MR) is 69.9 cm³/mol. The lowest BCUT2D eigenvalue weighted by Gasteiger charge is -2.09. The molecule has 0 aliphatic heterocycles. The molecule has 0 amide bonds. The third-order valence-corrected chi connectivity index (χ3v) is 2.92. The van der Waals surface area contributed by atoms with Crippen LogP contribution in [0.1, 0.15) is 11.1 Å². The van der Waals surface area contributed by atoms with Crippen LogP contribution in [0.25, 0.3) is 0 Å². The average molecular weight is 296 g/mol. The van der Waals surface area contributed by atoms with E-state index in [1.807, 2.05) is 23.0 Å². The van der Waals surface area contributed by atoms with Crippen LogP contribution in [0.4, 0.5) is 0 Å². The molecule has 5 heteroatoms. The number of hydrogen-bond acceptors (Lipinski definition) is 3. The summed E-state index contributed by atoms with van der Waals surface area (Å²) in [6, 6.07) is 6.01. The number of rotatable bonds is 4. The van der Waals surface area contributed by atoms with Gasteiger partial charge in [-0.25, -0.2) is 0 Å². The number of ether oxygens (including phenoxy) is 1. The molecule has 1 aromatic carbocycles. The van der Waals surface area contributed by atoms with Crippen molar-refractivity contribution in [1.29, 1.82) is 0 Å². The Morgan fingerprint density at radius 3 is 2.88 bits per heavy atom. The van der Waals surface area contributed by atoms with Crippen LogP contribution in [0.3, 0.4) is 0 Å². The summed E-state index contributed by atoms with van der Waals surface area (Å²) in [4.78, 5) is 0. The molecule has 0 aliphatic carbocycles. The highest BCUT2D eigenvalue weighted by molar-refractivity contribution is 9.10. The number of nitrogens with two attached hydrogens (primary N) is 1. The van der Waals surface area contributed by atoms with E-state index in [1.54, 1.807) is 13.3 Å². The Hall–Kier alpha value is -1.33. The topological polar surface area (TPSA) is 53.1 Å². The molecule has 0 saturated heterocycles. The van der Waals surface area contributed by atoms with Crippen molar-refractivity contribution < 1.29 is 4.74 Å². The zero-order chi connectivity index (χ0) is 12.3. The molecular formula is C12H14BrN3O. The zero-order valence-electron chi connectivity index (χ0n) is 9.56. The van der Waals surface area contributed by atoms with E-state index in [-0.39, 0.29) is 0 Å². The first-order valence-corrected chi connectivity index (χ1v) is 6.06. The second kappa shape index (κ2) is 5.33. The minimum atomic E-state index is 0.472. The Balaban J connectivity index is 2.22. The summed E-state index contributed by atoms with van der Waals surface area (Å²) in [6.45, 7) is 1.20. The lowest BCUT2D eigenvalue weighted by atomic mass is 10.1. The van der Waals surface area contributed by atoms with E-state index >= 15 is 0 Å². The second-order valence-corrected chi connectivity index (χ2v) is 4.62. The molecule has 0 spiro atoms. The van der Waals surface area contributed by atoms with E-state index < -0.39 is 0 Å². The van der Waals surface area contributed by atoms with Crippen molar-refractivity contribution in [3.8, 4) is 5.75 Å². The molecule has 0 bridgehead atoms. The van der Waals surface area contributed by atoms with Crippen LogP contribution in [0.2, 0.25) is 0 Å². The largest absolute Gasteiger partial charge is 0.496 e. The molecule has 17 heavy (non-hydrogen) atoms. The van der Waals surface area contributed by atoms with Crippen LogP contribution in [-0.4, -0.2) is 16.9 Å². The normalized spacial score (nSPS) is 10.5. The molecular weight excluding hydrogens is 282 g/mol. The second-order valence-electron chi connectivity index (χ2n) is 3.71. The van der Waals surface area contributed by atoms with Crippen molar-refractivity contribution in [2.24, 2.45) is 5.73 Å². The highest BCUT2D eigenvalue weighted by Crippen LogP contribution is 2.20. The molecule has 2 aromatic rings. The van der Waals surface area contributed by atoms with Crippen molar-refractivity contribution in [2.75, 3.05) is 7.11 Å². The fourth-order valence-electron chi connectivity index (χ4n) is 1.70. The molecule has 1 aromatic heterocycles. The summed E-state index contributed by atoms with van der Waals surface area (Å²) in [5, 5.41) is 4.22. The summed E-state index contributed by atoms with van der Waals surface area (Å²) in [6.07, 6.45) is 3.71. The molecule has 2 rings (SSSR count). The number of hydrogen-bond donors (Lipinski definition) is 1. The van der Waals surface area contributed by atoms with Gasteiger partial charge in [0.25, 0.3) is 0 Å². The predicted octanol–water partition coefficient (Wildman–Crippen LogP) is 2.16. The van der Waals surface area contributed by atoms with E-state index in [9.17, 15) is 0 Å². The molecule has 90 valence electrons. The Kier molecular flexibility index (Phi) is 3.81. The van der Waals surface area contributed by atoms with Crippen LogP contribution in [0, 0.1) is 0 Å². The Morgan fingerprint density at radius 2 is 2.29 bits per heavy atom. The fourth-order valence-corrected chi connectivity index (χ4v) is 2.03. The van der Waals surface area contributed by atoms with Crippen molar-refractivity contribution >= 4 is 15.9 Å². The SMILES string of the molecule is COc1ccc(Cn2cc(Br)cn2)cc1CN. The van der Waals surface area contributed by atoms with Gasteiger partial charge in [-0.05, 0) is 33.6 Å². The minimum absolute atomic E-state index is 0.472. The van der Waals surface area contributed by atoms with Crippen molar-refractivity contribution in [3.05, 3.63) is 46.2 Å². The van der Waals surface area contributed by atoms with E-state index in [2.05, 4.69) is 27.1 Å². The van der Waals surface area contributed by atoms with Crippen LogP contribution in [0.5, 0.6) is 5.75 Å². The van der Waals surface area contributed by atoms with Gasteiger partial charge in [0.1, 0.15) is 5.75 Å². The highest BCUT2D eigenvalue weighted by Gasteiger charge is 2.04. The van der Waals surface area contributed by atoms with E-state index in [0.717, 1.165) is 27.9 Å². The summed E-state index contributed by atoms with van der Waals surface area (Å²) >= 11 is 3.37. The molecule has 2 N–H and O–H groups in total. The molecule has 0 aliphatic rings. The van der Waals surface area contributed by atoms with Gasteiger partial charge < -0.3 is 10.5 Å². The van der Waals surface area contributed by atoms with E-state index in [0.29, 0.717) is 6.54 Å². The Morgan fingerprint density at radius 1 is 1.47 bits per heavy atom. The van der Waals surface area contributed by atoms with Gasteiger partial charge in [0.05, 0.1) is 24.3 Å². The van der Waals surface area contributed by atoms with Crippen LogP contribution in [-0.2, 0) is 13.1 Å². The van der Waals surface area contributed by atoms with Gasteiger partial charge in [0.15, 0.2) is 0 Å². The van der Waals surface area contributed by atoms with Gasteiger partial charge in [-0.1, -0.05) is 6.07 Å². The van der Waals surface area contributed by atoms with Gasteiger partial charge >= 0.3 is 0 Å². The first-order valence-electron chi connectivity index (χ1n) is 5.26. The van der Waals surface area contributed by atoms with Gasteiger partial charge in [-0.3, -0.25) is 4.68 Å². The molecule has 0 unspecified atom stereocenters.